The average molecular weight is 846 g/mol. The quantitative estimate of drug-likeness (QED) is 0.0390. The van der Waals surface area contributed by atoms with E-state index in [1.165, 1.54) is 70.6 Å². The molecule has 60 heavy (non-hydrogen) atoms. The summed E-state index contributed by atoms with van der Waals surface area (Å²) in [6.07, 6.45) is 34.8. The van der Waals surface area contributed by atoms with Crippen molar-refractivity contribution in [3.8, 4) is 0 Å². The van der Waals surface area contributed by atoms with Gasteiger partial charge in [-0.25, -0.2) is 0 Å². The molecule has 2 atom stereocenters. The van der Waals surface area contributed by atoms with E-state index in [9.17, 15) is 19.2 Å². The summed E-state index contributed by atoms with van der Waals surface area (Å²) in [4.78, 5) is 55.4. The molecule has 0 aliphatic carbocycles. The van der Waals surface area contributed by atoms with Crippen LogP contribution in [0, 0.1) is 0 Å². The Bertz CT molecular complexity index is 1240. The Labute approximate surface area is 369 Å². The maximum atomic E-state index is 13.0. The topological polar surface area (TPSA) is 105 Å². The Morgan fingerprint density at radius 1 is 0.467 bits per heavy atom. The molecule has 0 spiro atoms. The summed E-state index contributed by atoms with van der Waals surface area (Å²) >= 11 is 0. The Hall–Kier alpha value is -2.42. The summed E-state index contributed by atoms with van der Waals surface area (Å²) in [6.45, 7) is 12.0. The van der Waals surface area contributed by atoms with Crippen molar-refractivity contribution in [1.29, 1.82) is 0 Å². The van der Waals surface area contributed by atoms with Gasteiger partial charge in [0.2, 0.25) is 0 Å². The molecule has 0 aliphatic heterocycles. The molecule has 0 fully saturated rings. The minimum atomic E-state index is -0.390. The average Bonchev–Trinajstić information content (AvgIpc) is 3.22. The first kappa shape index (κ1) is 55.6. The SMILES string of the molecule is CCCCCCCCC(CCCCCCC)OC(=O)CCCCCCCN(CCCCCCCC(=O)OC(CCC)CCCCC)c1c(NCCCCN(C)C)c(=O)c1=O. The monoisotopic (exact) mass is 846 g/mol. The third-order valence-corrected chi connectivity index (χ3v) is 12.0. The number of nitrogens with zero attached hydrogens (tertiary/aromatic N) is 2. The number of hydrogen-bond donors (Lipinski definition) is 1. The van der Waals surface area contributed by atoms with Gasteiger partial charge >= 0.3 is 11.9 Å². The summed E-state index contributed by atoms with van der Waals surface area (Å²) in [5.41, 5.74) is 0.307. The summed E-state index contributed by atoms with van der Waals surface area (Å²) in [7, 11) is 4.12. The minimum Gasteiger partial charge on any atom is -0.462 e. The first-order chi connectivity index (χ1) is 29.2. The second kappa shape index (κ2) is 38.3. The van der Waals surface area contributed by atoms with E-state index in [1.54, 1.807) is 0 Å². The lowest BCUT2D eigenvalue weighted by atomic mass is 10.0. The molecule has 350 valence electrons. The molecule has 9 nitrogen and oxygen atoms in total. The van der Waals surface area contributed by atoms with Crippen LogP contribution in [0.25, 0.3) is 0 Å². The first-order valence-electron chi connectivity index (χ1n) is 25.5. The van der Waals surface area contributed by atoms with Crippen LogP contribution in [0.4, 0.5) is 11.4 Å². The van der Waals surface area contributed by atoms with Crippen LogP contribution in [-0.2, 0) is 19.1 Å². The maximum Gasteiger partial charge on any atom is 0.306 e. The number of carbonyl (C=O) groups is 2. The van der Waals surface area contributed by atoms with E-state index in [4.69, 9.17) is 9.47 Å². The fourth-order valence-corrected chi connectivity index (χ4v) is 8.24. The predicted octanol–water partition coefficient (Wildman–Crippen LogP) is 12.8. The largest absolute Gasteiger partial charge is 0.462 e. The van der Waals surface area contributed by atoms with Crippen LogP contribution in [0.5, 0.6) is 0 Å². The van der Waals surface area contributed by atoms with Crippen LogP contribution in [0.2, 0.25) is 0 Å². The van der Waals surface area contributed by atoms with E-state index < -0.39 is 5.43 Å². The van der Waals surface area contributed by atoms with Gasteiger partial charge in [-0.1, -0.05) is 143 Å². The number of unbranched alkanes of at least 4 members (excludes halogenated alkanes) is 20. The van der Waals surface area contributed by atoms with Crippen molar-refractivity contribution in [1.82, 2.24) is 4.90 Å². The number of hydrogen-bond acceptors (Lipinski definition) is 9. The lowest BCUT2D eigenvalue weighted by Gasteiger charge is -2.28. The van der Waals surface area contributed by atoms with Crippen molar-refractivity contribution in [2.24, 2.45) is 0 Å². The van der Waals surface area contributed by atoms with Gasteiger partial charge in [0.1, 0.15) is 23.6 Å². The number of esters is 2. The first-order valence-corrected chi connectivity index (χ1v) is 25.5. The molecule has 0 aromatic heterocycles. The molecule has 1 aromatic carbocycles. The van der Waals surface area contributed by atoms with Crippen LogP contribution in [0.15, 0.2) is 9.59 Å². The third-order valence-electron chi connectivity index (χ3n) is 12.0. The van der Waals surface area contributed by atoms with Gasteiger partial charge in [0.15, 0.2) is 0 Å². The minimum absolute atomic E-state index is 0.0362. The highest BCUT2D eigenvalue weighted by atomic mass is 16.5. The number of ether oxygens (including phenoxy) is 2. The molecular weight excluding hydrogens is 751 g/mol. The summed E-state index contributed by atoms with van der Waals surface area (Å²) in [6, 6.07) is 0. The van der Waals surface area contributed by atoms with Gasteiger partial charge in [-0.15, -0.1) is 0 Å². The van der Waals surface area contributed by atoms with Gasteiger partial charge in [0.05, 0.1) is 0 Å². The molecule has 0 amide bonds. The van der Waals surface area contributed by atoms with Gasteiger partial charge in [0.25, 0.3) is 10.9 Å². The third kappa shape index (κ3) is 28.2. The standard InChI is InChI=1S/C51H95N3O6/c1-7-11-14-16-20-27-37-45(36-26-19-15-12-8-2)60-47(56)39-29-22-18-24-32-43-54(49-48(50(57)51(49)58)52-40-30-33-41-53(5)6)42-31-23-17-21-28-38-46(55)59-44(34-10-4)35-25-13-9-3/h44-45,52H,7-43H2,1-6H3. The number of nitrogens with one attached hydrogen (secondary N) is 1. The van der Waals surface area contributed by atoms with Crippen molar-refractivity contribution >= 4 is 23.3 Å². The van der Waals surface area contributed by atoms with Gasteiger partial charge in [-0.05, 0) is 104 Å². The van der Waals surface area contributed by atoms with E-state index in [1.807, 2.05) is 0 Å². The zero-order valence-electron chi connectivity index (χ0n) is 40.2. The van der Waals surface area contributed by atoms with Crippen LogP contribution in [0.3, 0.4) is 0 Å². The second-order valence-corrected chi connectivity index (χ2v) is 18.1. The van der Waals surface area contributed by atoms with Gasteiger partial charge in [-0.3, -0.25) is 19.2 Å². The molecule has 1 N–H and O–H groups in total. The zero-order valence-corrected chi connectivity index (χ0v) is 40.2. The van der Waals surface area contributed by atoms with Crippen molar-refractivity contribution in [3.05, 3.63) is 20.4 Å². The van der Waals surface area contributed by atoms with Crippen LogP contribution < -0.4 is 21.1 Å². The van der Waals surface area contributed by atoms with E-state index in [0.717, 1.165) is 148 Å². The van der Waals surface area contributed by atoms with Crippen molar-refractivity contribution in [2.45, 2.75) is 252 Å². The predicted molar refractivity (Wildman–Crippen MR) is 255 cm³/mol. The second-order valence-electron chi connectivity index (χ2n) is 18.1. The van der Waals surface area contributed by atoms with Gasteiger partial charge < -0.3 is 24.6 Å². The Kier molecular flexibility index (Phi) is 35.5. The summed E-state index contributed by atoms with van der Waals surface area (Å²) < 4.78 is 11.9. The summed E-state index contributed by atoms with van der Waals surface area (Å²) in [5, 5.41) is 3.31. The number of anilines is 2. The Morgan fingerprint density at radius 2 is 0.867 bits per heavy atom. The highest BCUT2D eigenvalue weighted by molar-refractivity contribution is 5.75. The highest BCUT2D eigenvalue weighted by Crippen LogP contribution is 2.23. The molecule has 2 unspecified atom stereocenters. The molecule has 0 radical (unpaired) electrons. The molecule has 0 bridgehead atoms. The van der Waals surface area contributed by atoms with Crippen molar-refractivity contribution < 1.29 is 19.1 Å². The van der Waals surface area contributed by atoms with E-state index in [2.05, 4.69) is 56.9 Å². The van der Waals surface area contributed by atoms with Crippen molar-refractivity contribution in [3.63, 3.8) is 0 Å². The smallest absolute Gasteiger partial charge is 0.306 e. The van der Waals surface area contributed by atoms with Gasteiger partial charge in [0, 0.05) is 32.5 Å². The fraction of sp³-hybridized carbons (Fsp3) is 0.882. The fourth-order valence-electron chi connectivity index (χ4n) is 8.24. The zero-order chi connectivity index (χ0) is 44.1. The normalized spacial score (nSPS) is 12.6. The number of rotatable bonds is 44. The molecule has 0 heterocycles. The molecule has 1 rings (SSSR count). The van der Waals surface area contributed by atoms with Crippen molar-refractivity contribution in [2.75, 3.05) is 50.5 Å². The molecule has 0 aliphatic rings. The lowest BCUT2D eigenvalue weighted by Crippen LogP contribution is -2.43. The van der Waals surface area contributed by atoms with Crippen LogP contribution >= 0.6 is 0 Å². The van der Waals surface area contributed by atoms with E-state index in [-0.39, 0.29) is 29.6 Å². The van der Waals surface area contributed by atoms with E-state index >= 15 is 0 Å². The number of carbonyl (C=O) groups excluding carboxylic acids is 2. The molecule has 0 saturated heterocycles. The maximum absolute atomic E-state index is 13.0. The highest BCUT2D eigenvalue weighted by Gasteiger charge is 2.25. The van der Waals surface area contributed by atoms with Crippen LogP contribution in [0.1, 0.15) is 240 Å². The lowest BCUT2D eigenvalue weighted by molar-refractivity contribution is -0.151. The van der Waals surface area contributed by atoms with E-state index in [0.29, 0.717) is 30.8 Å². The molecular formula is C51H95N3O6. The summed E-state index contributed by atoms with van der Waals surface area (Å²) in [5.74, 6) is -0.0975. The molecule has 9 heteroatoms. The Morgan fingerprint density at radius 3 is 1.35 bits per heavy atom. The molecule has 0 saturated carbocycles. The Balaban J connectivity index is 2.59. The molecule has 1 aromatic rings. The van der Waals surface area contributed by atoms with Crippen LogP contribution in [-0.4, -0.2) is 69.3 Å². The van der Waals surface area contributed by atoms with Gasteiger partial charge in [-0.2, -0.15) is 0 Å².